The number of ether oxygens (including phenoxy) is 1. The van der Waals surface area contributed by atoms with Crippen molar-refractivity contribution in [3.8, 4) is 0 Å². The molecule has 2 atom stereocenters. The van der Waals surface area contributed by atoms with Crippen LogP contribution in [0.15, 0.2) is 23.1 Å². The van der Waals surface area contributed by atoms with Crippen LogP contribution in [0.2, 0.25) is 0 Å². The highest BCUT2D eigenvalue weighted by atomic mass is 32.2. The summed E-state index contributed by atoms with van der Waals surface area (Å²) in [4.78, 5) is 11.3. The first-order valence-electron chi connectivity index (χ1n) is 7.87. The molecule has 0 radical (unpaired) electrons. The predicted molar refractivity (Wildman–Crippen MR) is 85.7 cm³/mol. The Labute approximate surface area is 141 Å². The molecule has 2 rings (SSSR count). The van der Waals surface area contributed by atoms with Crippen molar-refractivity contribution in [3.63, 3.8) is 0 Å². The van der Waals surface area contributed by atoms with E-state index in [2.05, 4.69) is 4.72 Å². The van der Waals surface area contributed by atoms with Crippen molar-refractivity contribution in [1.82, 2.24) is 4.72 Å². The third-order valence-corrected chi connectivity index (χ3v) is 5.61. The van der Waals surface area contributed by atoms with Crippen molar-refractivity contribution >= 4 is 16.0 Å². The van der Waals surface area contributed by atoms with Crippen LogP contribution in [0.3, 0.4) is 0 Å². The number of sulfonamides is 1. The molecule has 0 spiro atoms. The standard InChI is InChI=1S/C16H22FNO5S/c1-10-9-13(7-8-14(10)17)24(21,22)18-15(16(19)20)11(2)23-12-5-3-4-6-12/h7-9,11-12,15,18H,3-6H2,1-2H3,(H,19,20)/t11-,15-/m1/s1. The zero-order valence-electron chi connectivity index (χ0n) is 13.7. The van der Waals surface area contributed by atoms with Crippen molar-refractivity contribution in [2.24, 2.45) is 0 Å². The maximum Gasteiger partial charge on any atom is 0.324 e. The fourth-order valence-electron chi connectivity index (χ4n) is 2.77. The Morgan fingerprint density at radius 2 is 2.00 bits per heavy atom. The number of aliphatic carboxylic acids is 1. The number of nitrogens with one attached hydrogen (secondary N) is 1. The minimum atomic E-state index is -4.10. The summed E-state index contributed by atoms with van der Waals surface area (Å²) in [5.41, 5.74) is 0.167. The topological polar surface area (TPSA) is 92.7 Å². The fraction of sp³-hybridized carbons (Fsp3) is 0.562. The summed E-state index contributed by atoms with van der Waals surface area (Å²) >= 11 is 0. The van der Waals surface area contributed by atoms with Gasteiger partial charge in [-0.25, -0.2) is 12.8 Å². The first-order valence-corrected chi connectivity index (χ1v) is 9.36. The molecule has 1 saturated carbocycles. The van der Waals surface area contributed by atoms with Crippen LogP contribution >= 0.6 is 0 Å². The lowest BCUT2D eigenvalue weighted by molar-refractivity contribution is -0.144. The van der Waals surface area contributed by atoms with Crippen LogP contribution in [-0.2, 0) is 19.6 Å². The van der Waals surface area contributed by atoms with E-state index in [9.17, 15) is 22.7 Å². The Balaban J connectivity index is 2.15. The first-order chi connectivity index (χ1) is 11.2. The zero-order valence-corrected chi connectivity index (χ0v) is 14.5. The van der Waals surface area contributed by atoms with E-state index in [0.717, 1.165) is 37.8 Å². The number of benzene rings is 1. The number of hydrogen-bond acceptors (Lipinski definition) is 4. The number of rotatable bonds is 7. The average Bonchev–Trinajstić information content (AvgIpc) is 3.00. The van der Waals surface area contributed by atoms with Gasteiger partial charge in [-0.3, -0.25) is 4.79 Å². The Morgan fingerprint density at radius 1 is 1.38 bits per heavy atom. The van der Waals surface area contributed by atoms with Crippen molar-refractivity contribution in [2.75, 3.05) is 0 Å². The Morgan fingerprint density at radius 3 is 2.54 bits per heavy atom. The third-order valence-electron chi connectivity index (χ3n) is 4.17. The minimum Gasteiger partial charge on any atom is -0.480 e. The number of carboxylic acids is 1. The molecule has 2 N–H and O–H groups in total. The fourth-order valence-corrected chi connectivity index (χ4v) is 4.12. The van der Waals surface area contributed by atoms with Crippen LogP contribution < -0.4 is 4.72 Å². The predicted octanol–water partition coefficient (Wildman–Crippen LogP) is 2.21. The smallest absolute Gasteiger partial charge is 0.324 e. The molecule has 1 aliphatic rings. The SMILES string of the molecule is Cc1cc(S(=O)(=O)N[C@@H](C(=O)O)[C@@H](C)OC2CCCC2)ccc1F. The minimum absolute atomic E-state index is 0.0422. The quantitative estimate of drug-likeness (QED) is 0.779. The lowest BCUT2D eigenvalue weighted by atomic mass is 10.2. The van der Waals surface area contributed by atoms with Gasteiger partial charge in [0.2, 0.25) is 10.0 Å². The van der Waals surface area contributed by atoms with Gasteiger partial charge in [-0.2, -0.15) is 4.72 Å². The summed E-state index contributed by atoms with van der Waals surface area (Å²) in [5.74, 6) is -1.84. The highest BCUT2D eigenvalue weighted by Crippen LogP contribution is 2.23. The molecule has 0 bridgehead atoms. The van der Waals surface area contributed by atoms with Crippen molar-refractivity contribution < 1.29 is 27.4 Å². The lowest BCUT2D eigenvalue weighted by Crippen LogP contribution is -2.49. The van der Waals surface area contributed by atoms with Crippen LogP contribution in [0.1, 0.15) is 38.2 Å². The van der Waals surface area contributed by atoms with Crippen molar-refractivity contribution in [1.29, 1.82) is 0 Å². The summed E-state index contributed by atoms with van der Waals surface area (Å²) in [6.07, 6.45) is 2.88. The second kappa shape index (κ2) is 7.58. The number of carbonyl (C=O) groups is 1. The largest absolute Gasteiger partial charge is 0.480 e. The Kier molecular flexibility index (Phi) is 5.95. The molecule has 1 aromatic rings. The van der Waals surface area contributed by atoms with E-state index in [-0.39, 0.29) is 16.6 Å². The summed E-state index contributed by atoms with van der Waals surface area (Å²) < 4.78 is 45.9. The van der Waals surface area contributed by atoms with Gasteiger partial charge in [0.15, 0.2) is 0 Å². The molecule has 0 heterocycles. The second-order valence-corrected chi connectivity index (χ2v) is 7.81. The van der Waals surface area contributed by atoms with E-state index in [1.165, 1.54) is 19.9 Å². The van der Waals surface area contributed by atoms with Crippen LogP contribution in [0.25, 0.3) is 0 Å². The van der Waals surface area contributed by atoms with Gasteiger partial charge < -0.3 is 9.84 Å². The lowest BCUT2D eigenvalue weighted by Gasteiger charge is -2.24. The van der Waals surface area contributed by atoms with Crippen molar-refractivity contribution in [3.05, 3.63) is 29.6 Å². The van der Waals surface area contributed by atoms with Gasteiger partial charge in [0.05, 0.1) is 17.1 Å². The first kappa shape index (κ1) is 18.8. The summed E-state index contributed by atoms with van der Waals surface area (Å²) in [5, 5.41) is 9.36. The molecule has 8 heteroatoms. The van der Waals surface area contributed by atoms with Crippen LogP contribution in [0.5, 0.6) is 0 Å². The van der Waals surface area contributed by atoms with Crippen LogP contribution in [0.4, 0.5) is 4.39 Å². The van der Waals surface area contributed by atoms with E-state index in [0.29, 0.717) is 0 Å². The molecule has 0 aliphatic heterocycles. The van der Waals surface area contributed by atoms with Gasteiger partial charge in [0, 0.05) is 0 Å². The maximum atomic E-state index is 13.3. The molecule has 24 heavy (non-hydrogen) atoms. The average molecular weight is 359 g/mol. The molecule has 134 valence electrons. The number of hydrogen-bond donors (Lipinski definition) is 2. The maximum absolute atomic E-state index is 13.3. The molecule has 0 saturated heterocycles. The van der Waals surface area contributed by atoms with Gasteiger partial charge in [0.25, 0.3) is 0 Å². The number of halogens is 1. The molecular formula is C16H22FNO5S. The van der Waals surface area contributed by atoms with E-state index >= 15 is 0 Å². The zero-order chi connectivity index (χ0) is 17.9. The third kappa shape index (κ3) is 4.52. The molecule has 1 aliphatic carbocycles. The van der Waals surface area contributed by atoms with Crippen LogP contribution in [-0.4, -0.2) is 37.7 Å². The number of aryl methyl sites for hydroxylation is 1. The molecule has 1 fully saturated rings. The molecular weight excluding hydrogens is 337 g/mol. The van der Waals surface area contributed by atoms with Gasteiger partial charge in [-0.15, -0.1) is 0 Å². The Hall–Kier alpha value is -1.51. The molecule has 1 aromatic carbocycles. The summed E-state index contributed by atoms with van der Waals surface area (Å²) in [6.45, 7) is 2.98. The van der Waals surface area contributed by atoms with Gasteiger partial charge in [-0.1, -0.05) is 12.8 Å². The van der Waals surface area contributed by atoms with Gasteiger partial charge in [0.1, 0.15) is 11.9 Å². The number of carboxylic acid groups (broad SMARTS) is 1. The highest BCUT2D eigenvalue weighted by Gasteiger charge is 2.33. The van der Waals surface area contributed by atoms with Gasteiger partial charge >= 0.3 is 5.97 Å². The molecule has 6 nitrogen and oxygen atoms in total. The van der Waals surface area contributed by atoms with Gasteiger partial charge in [-0.05, 0) is 50.5 Å². The van der Waals surface area contributed by atoms with Crippen molar-refractivity contribution in [2.45, 2.75) is 62.7 Å². The molecule has 0 aromatic heterocycles. The molecule has 0 amide bonds. The van der Waals surface area contributed by atoms with Crippen LogP contribution in [0, 0.1) is 12.7 Å². The summed E-state index contributed by atoms with van der Waals surface area (Å²) in [7, 11) is -4.10. The second-order valence-electron chi connectivity index (χ2n) is 6.10. The monoisotopic (exact) mass is 359 g/mol. The van der Waals surface area contributed by atoms with E-state index in [1.54, 1.807) is 0 Å². The van der Waals surface area contributed by atoms with E-state index < -0.39 is 34.0 Å². The highest BCUT2D eigenvalue weighted by molar-refractivity contribution is 7.89. The van der Waals surface area contributed by atoms with E-state index in [4.69, 9.17) is 4.74 Å². The summed E-state index contributed by atoms with van der Waals surface area (Å²) in [6, 6.07) is 1.89. The van der Waals surface area contributed by atoms with E-state index in [1.807, 2.05) is 0 Å². The normalized spacial score (nSPS) is 18.5. The Bertz CT molecular complexity index is 700. The molecule has 0 unspecified atom stereocenters.